The third-order valence-electron chi connectivity index (χ3n) is 3.63. The quantitative estimate of drug-likeness (QED) is 0.669. The molecule has 0 saturated carbocycles. The van der Waals surface area contributed by atoms with Gasteiger partial charge in [-0.15, -0.1) is 11.3 Å². The normalized spacial score (nSPS) is 12.7. The standard InChI is InChI=1S/C17H14F3N3O3S/c1-10(15(25)21-12-4-2-11(3-5-12)17(18,19)20)26-14(24)8-13-9-23-6-7-27-16(23)22-13/h2-7,9-10H,8H2,1H3,(H,21,25)/t10-/m1/s1. The molecule has 1 atom stereocenters. The van der Waals surface area contributed by atoms with Gasteiger partial charge in [-0.05, 0) is 31.2 Å². The van der Waals surface area contributed by atoms with Crippen molar-refractivity contribution >= 4 is 33.9 Å². The SMILES string of the molecule is C[C@@H](OC(=O)Cc1cn2ccsc2n1)C(=O)Nc1ccc(C(F)(F)F)cc1. The molecule has 3 rings (SSSR count). The van der Waals surface area contributed by atoms with Gasteiger partial charge in [-0.1, -0.05) is 0 Å². The van der Waals surface area contributed by atoms with Crippen LogP contribution in [0.5, 0.6) is 0 Å². The van der Waals surface area contributed by atoms with E-state index in [1.54, 1.807) is 10.6 Å². The minimum Gasteiger partial charge on any atom is -0.452 e. The third kappa shape index (κ3) is 4.64. The van der Waals surface area contributed by atoms with Gasteiger partial charge in [0.25, 0.3) is 5.91 Å². The number of anilines is 1. The number of esters is 1. The summed E-state index contributed by atoms with van der Waals surface area (Å²) in [7, 11) is 0. The first kappa shape index (κ1) is 18.9. The number of carbonyl (C=O) groups is 2. The Morgan fingerprint density at radius 3 is 2.63 bits per heavy atom. The van der Waals surface area contributed by atoms with Gasteiger partial charge in [0.15, 0.2) is 11.1 Å². The Morgan fingerprint density at radius 2 is 2.00 bits per heavy atom. The molecular weight excluding hydrogens is 383 g/mol. The molecule has 0 aliphatic rings. The molecule has 2 aromatic heterocycles. The number of carbonyl (C=O) groups excluding carboxylic acids is 2. The van der Waals surface area contributed by atoms with Gasteiger partial charge in [0.2, 0.25) is 0 Å². The van der Waals surface area contributed by atoms with Crippen LogP contribution in [0.1, 0.15) is 18.2 Å². The molecule has 0 spiro atoms. The molecule has 0 aliphatic heterocycles. The Hall–Kier alpha value is -2.88. The molecule has 0 aliphatic carbocycles. The minimum absolute atomic E-state index is 0.0910. The van der Waals surface area contributed by atoms with Gasteiger partial charge in [-0.3, -0.25) is 14.0 Å². The predicted octanol–water partition coefficient (Wildman–Crippen LogP) is 3.53. The average molecular weight is 397 g/mol. The molecule has 2 heterocycles. The molecule has 6 nitrogen and oxygen atoms in total. The Labute approximate surface area is 155 Å². The van der Waals surface area contributed by atoms with Gasteiger partial charge >= 0.3 is 12.1 Å². The molecule has 3 aromatic rings. The molecular formula is C17H14F3N3O3S. The highest BCUT2D eigenvalue weighted by molar-refractivity contribution is 7.15. The number of imidazole rings is 1. The zero-order valence-electron chi connectivity index (χ0n) is 14.0. The van der Waals surface area contributed by atoms with E-state index in [0.29, 0.717) is 5.69 Å². The van der Waals surface area contributed by atoms with Crippen LogP contribution in [0, 0.1) is 0 Å². The number of ether oxygens (including phenoxy) is 1. The number of rotatable bonds is 5. The summed E-state index contributed by atoms with van der Waals surface area (Å²) >= 11 is 1.42. The van der Waals surface area contributed by atoms with Gasteiger partial charge in [-0.25, -0.2) is 4.98 Å². The van der Waals surface area contributed by atoms with Crippen molar-refractivity contribution in [3.63, 3.8) is 0 Å². The van der Waals surface area contributed by atoms with Gasteiger partial charge in [0.1, 0.15) is 0 Å². The molecule has 0 unspecified atom stereocenters. The first-order chi connectivity index (χ1) is 12.7. The van der Waals surface area contributed by atoms with Crippen molar-refractivity contribution < 1.29 is 27.5 Å². The van der Waals surface area contributed by atoms with Crippen molar-refractivity contribution in [2.24, 2.45) is 0 Å². The summed E-state index contributed by atoms with van der Waals surface area (Å²) in [5, 5.41) is 4.26. The first-order valence-electron chi connectivity index (χ1n) is 7.81. The van der Waals surface area contributed by atoms with Crippen LogP contribution in [0.2, 0.25) is 0 Å². The van der Waals surface area contributed by atoms with E-state index >= 15 is 0 Å². The number of nitrogens with zero attached hydrogens (tertiary/aromatic N) is 2. The molecule has 0 fully saturated rings. The number of hydrogen-bond donors (Lipinski definition) is 1. The molecule has 0 radical (unpaired) electrons. The van der Waals surface area contributed by atoms with Gasteiger partial charge in [-0.2, -0.15) is 13.2 Å². The Balaban J connectivity index is 1.53. The number of halogens is 3. The minimum atomic E-state index is -4.45. The van der Waals surface area contributed by atoms with Gasteiger partial charge in [0, 0.05) is 23.5 Å². The lowest BCUT2D eigenvalue weighted by Crippen LogP contribution is -2.30. The van der Waals surface area contributed by atoms with Crippen LogP contribution in [0.25, 0.3) is 4.96 Å². The molecule has 0 saturated heterocycles. The zero-order chi connectivity index (χ0) is 19.6. The number of aromatic nitrogens is 2. The van der Waals surface area contributed by atoms with Crippen molar-refractivity contribution in [1.29, 1.82) is 0 Å². The lowest BCUT2D eigenvalue weighted by atomic mass is 10.2. The number of hydrogen-bond acceptors (Lipinski definition) is 5. The fourth-order valence-corrected chi connectivity index (χ4v) is 3.01. The Bertz CT molecular complexity index is 935. The fourth-order valence-electron chi connectivity index (χ4n) is 2.29. The molecule has 1 amide bonds. The van der Waals surface area contributed by atoms with E-state index in [1.165, 1.54) is 18.3 Å². The number of alkyl halides is 3. The van der Waals surface area contributed by atoms with E-state index in [1.807, 2.05) is 11.6 Å². The number of thiazole rings is 1. The molecule has 142 valence electrons. The summed E-state index contributed by atoms with van der Waals surface area (Å²) in [5.41, 5.74) is -0.132. The van der Waals surface area contributed by atoms with Crippen molar-refractivity contribution in [2.75, 3.05) is 5.32 Å². The van der Waals surface area contributed by atoms with E-state index < -0.39 is 29.7 Å². The van der Waals surface area contributed by atoms with Crippen LogP contribution >= 0.6 is 11.3 Å². The first-order valence-corrected chi connectivity index (χ1v) is 8.69. The van der Waals surface area contributed by atoms with Crippen LogP contribution in [0.4, 0.5) is 18.9 Å². The zero-order valence-corrected chi connectivity index (χ0v) is 14.8. The number of benzene rings is 1. The highest BCUT2D eigenvalue weighted by atomic mass is 32.1. The smallest absolute Gasteiger partial charge is 0.416 e. The molecule has 0 bridgehead atoms. The predicted molar refractivity (Wildman–Crippen MR) is 92.4 cm³/mol. The number of fused-ring (bicyclic) bond motifs is 1. The Morgan fingerprint density at radius 1 is 1.30 bits per heavy atom. The van der Waals surface area contributed by atoms with Crippen LogP contribution < -0.4 is 5.32 Å². The summed E-state index contributed by atoms with van der Waals surface area (Å²) in [6.45, 7) is 1.38. The van der Waals surface area contributed by atoms with E-state index in [2.05, 4.69) is 10.3 Å². The summed E-state index contributed by atoms with van der Waals surface area (Å²) in [6, 6.07) is 3.98. The summed E-state index contributed by atoms with van der Waals surface area (Å²) < 4.78 is 44.4. The highest BCUT2D eigenvalue weighted by Gasteiger charge is 2.30. The van der Waals surface area contributed by atoms with E-state index in [4.69, 9.17) is 4.74 Å². The van der Waals surface area contributed by atoms with Crippen LogP contribution in [0.15, 0.2) is 42.0 Å². The second-order valence-corrected chi connectivity index (χ2v) is 6.57. The van der Waals surface area contributed by atoms with Crippen molar-refractivity contribution in [1.82, 2.24) is 9.38 Å². The lowest BCUT2D eigenvalue weighted by Gasteiger charge is -2.14. The Kier molecular flexibility index (Phi) is 5.17. The fraction of sp³-hybridized carbons (Fsp3) is 0.235. The van der Waals surface area contributed by atoms with Crippen LogP contribution in [-0.2, 0) is 26.9 Å². The molecule has 27 heavy (non-hydrogen) atoms. The lowest BCUT2D eigenvalue weighted by molar-refractivity contribution is -0.152. The van der Waals surface area contributed by atoms with Crippen LogP contribution in [0.3, 0.4) is 0 Å². The van der Waals surface area contributed by atoms with Gasteiger partial charge in [0.05, 0.1) is 17.7 Å². The maximum absolute atomic E-state index is 12.5. The third-order valence-corrected chi connectivity index (χ3v) is 4.40. The van der Waals surface area contributed by atoms with Crippen molar-refractivity contribution in [2.45, 2.75) is 25.6 Å². The average Bonchev–Trinajstić information content (AvgIpc) is 3.15. The molecule has 1 aromatic carbocycles. The topological polar surface area (TPSA) is 72.7 Å². The summed E-state index contributed by atoms with van der Waals surface area (Å²) in [5.74, 6) is -1.27. The van der Waals surface area contributed by atoms with Crippen molar-refractivity contribution in [3.8, 4) is 0 Å². The summed E-state index contributed by atoms with van der Waals surface area (Å²) in [4.78, 5) is 29.0. The number of nitrogens with one attached hydrogen (secondary N) is 1. The molecule has 1 N–H and O–H groups in total. The van der Waals surface area contributed by atoms with E-state index in [0.717, 1.165) is 29.2 Å². The number of amides is 1. The maximum atomic E-state index is 12.5. The largest absolute Gasteiger partial charge is 0.452 e. The van der Waals surface area contributed by atoms with Crippen LogP contribution in [-0.4, -0.2) is 27.4 Å². The molecule has 10 heteroatoms. The second kappa shape index (κ2) is 7.39. The maximum Gasteiger partial charge on any atom is 0.416 e. The van der Waals surface area contributed by atoms with Gasteiger partial charge < -0.3 is 10.1 Å². The van der Waals surface area contributed by atoms with Crippen molar-refractivity contribution in [3.05, 3.63) is 53.3 Å². The second-order valence-electron chi connectivity index (χ2n) is 5.70. The van der Waals surface area contributed by atoms with E-state index in [-0.39, 0.29) is 12.1 Å². The monoisotopic (exact) mass is 397 g/mol. The van der Waals surface area contributed by atoms with E-state index in [9.17, 15) is 22.8 Å². The summed E-state index contributed by atoms with van der Waals surface area (Å²) in [6.07, 6.45) is -2.15. The highest BCUT2D eigenvalue weighted by Crippen LogP contribution is 2.29.